The largest absolute Gasteiger partial charge is 0.503 e. The summed E-state index contributed by atoms with van der Waals surface area (Å²) in [6, 6.07) is 4.68. The second-order valence-electron chi connectivity index (χ2n) is 14.2. The molecule has 51 heavy (non-hydrogen) atoms. The number of phenolic OH excluding ortho intramolecular Hbond substituents is 2. The minimum absolute atomic E-state index is 0.0386. The Morgan fingerprint density at radius 1 is 0.843 bits per heavy atom. The van der Waals surface area contributed by atoms with Crippen molar-refractivity contribution >= 4 is 18.2 Å². The maximum absolute atomic E-state index is 16.3. The van der Waals surface area contributed by atoms with E-state index >= 15 is 26.3 Å². The van der Waals surface area contributed by atoms with Gasteiger partial charge in [-0.25, -0.2) is 44.3 Å². The maximum atomic E-state index is 16.3. The summed E-state index contributed by atoms with van der Waals surface area (Å²) in [6.45, 7) is 0. The second-order valence-corrected chi connectivity index (χ2v) is 14.6. The van der Waals surface area contributed by atoms with Gasteiger partial charge in [0.15, 0.2) is 34.8 Å². The Morgan fingerprint density at radius 3 is 2.12 bits per heavy atom. The van der Waals surface area contributed by atoms with Crippen LogP contribution in [-0.4, -0.2) is 50.6 Å². The average Bonchev–Trinajstić information content (AvgIpc) is 3.37. The Balaban J connectivity index is 1.52. The van der Waals surface area contributed by atoms with Crippen molar-refractivity contribution in [3.05, 3.63) is 87.2 Å². The molecule has 5 aliphatic carbocycles. The standard InChI is InChI=1S/C35H26F9NO5S/c36-15-7-18(39)29(47)26(42)23(15)33-10-32(5-4-22(46)50-45-6-2-1-3-21(45)51)11-34(13-33,24-16(37)8-19(40)30(48)27(24)43)35(12-32,14-33)25-17(38)9-20(41)31(49)28(25)44/h1-3,6-8,17,20,25,28,31,47-49H,9-14H2. The number of hydrogen-bond acceptors (Lipinski definition) is 6. The molecular weight excluding hydrogens is 717 g/mol. The van der Waals surface area contributed by atoms with E-state index in [9.17, 15) is 33.3 Å². The van der Waals surface area contributed by atoms with E-state index in [2.05, 4.69) is 11.8 Å². The first-order valence-corrected chi connectivity index (χ1v) is 16.1. The smallest absolute Gasteiger partial charge is 0.408 e. The summed E-state index contributed by atoms with van der Waals surface area (Å²) in [4.78, 5) is 18.1. The Morgan fingerprint density at radius 2 is 1.47 bits per heavy atom. The summed E-state index contributed by atoms with van der Waals surface area (Å²) in [6.07, 6.45) is -13.1. The first kappa shape index (κ1) is 35.2. The first-order chi connectivity index (χ1) is 23.9. The molecule has 0 amide bonds. The quantitative estimate of drug-likeness (QED) is 0.158. The lowest BCUT2D eigenvalue weighted by molar-refractivity contribution is -0.137. The van der Waals surface area contributed by atoms with Gasteiger partial charge in [0.2, 0.25) is 0 Å². The highest BCUT2D eigenvalue weighted by Crippen LogP contribution is 2.83. The minimum atomic E-state index is -2.78. The summed E-state index contributed by atoms with van der Waals surface area (Å²) >= 11 is 5.09. The molecule has 0 radical (unpaired) electrons. The SMILES string of the molecule is O=C(C#CC12CC3(c4c(F)cc(F)c(O)c4F)CC(c4c(F)cc(F)c(O)c4F)(C1)C(C1C(F)CC(F)C(O)C1F)(C2)C3)On1ccccc1=S. The van der Waals surface area contributed by atoms with Crippen molar-refractivity contribution in [2.75, 3.05) is 0 Å². The molecule has 270 valence electrons. The third-order valence-corrected chi connectivity index (χ3v) is 11.8. The molecule has 0 saturated heterocycles. The number of nitrogens with zero attached hydrogens (tertiary/aromatic N) is 1. The van der Waals surface area contributed by atoms with E-state index in [0.717, 1.165) is 4.73 Å². The summed E-state index contributed by atoms with van der Waals surface area (Å²) in [5.74, 6) is -12.3. The minimum Gasteiger partial charge on any atom is -0.503 e. The zero-order chi connectivity index (χ0) is 37.0. The van der Waals surface area contributed by atoms with Gasteiger partial charge in [-0.3, -0.25) is 0 Å². The molecule has 2 aromatic carbocycles. The molecule has 6 nitrogen and oxygen atoms in total. The Labute approximate surface area is 288 Å². The fourth-order valence-corrected chi connectivity index (χ4v) is 10.4. The molecule has 5 saturated carbocycles. The van der Waals surface area contributed by atoms with Crippen molar-refractivity contribution in [1.29, 1.82) is 0 Å². The van der Waals surface area contributed by atoms with Gasteiger partial charge in [0, 0.05) is 64.0 Å². The molecule has 16 heteroatoms. The van der Waals surface area contributed by atoms with Crippen LogP contribution in [0.25, 0.3) is 0 Å². The molecule has 1 heterocycles. The Hall–Kier alpha value is -4.23. The van der Waals surface area contributed by atoms with Crippen LogP contribution < -0.4 is 4.84 Å². The third kappa shape index (κ3) is 4.90. The normalized spacial score (nSPS) is 35.1. The lowest BCUT2D eigenvalue weighted by atomic mass is 9.53. The Kier molecular flexibility index (Phi) is 8.03. The highest BCUT2D eigenvalue weighted by Gasteiger charge is 2.81. The number of alkyl halides is 3. The molecule has 3 N–H and O–H groups in total. The van der Waals surface area contributed by atoms with Crippen LogP contribution in [0.3, 0.4) is 0 Å². The molecular formula is C35H26F9NO5S. The molecule has 9 unspecified atom stereocenters. The zero-order valence-electron chi connectivity index (χ0n) is 26.0. The number of rotatable bonds is 4. The number of carbonyl (C=O) groups excluding carboxylic acids is 1. The van der Waals surface area contributed by atoms with E-state index < -0.39 is 154 Å². The molecule has 9 atom stereocenters. The van der Waals surface area contributed by atoms with Crippen LogP contribution in [0.5, 0.6) is 11.5 Å². The molecule has 3 aromatic rings. The van der Waals surface area contributed by atoms with Crippen LogP contribution in [-0.2, 0) is 15.6 Å². The van der Waals surface area contributed by atoms with E-state index in [1.807, 2.05) is 0 Å². The van der Waals surface area contributed by atoms with Gasteiger partial charge in [0.1, 0.15) is 40.9 Å². The number of aromatic hydroxyl groups is 2. The number of benzene rings is 2. The van der Waals surface area contributed by atoms with Gasteiger partial charge in [-0.15, -0.1) is 0 Å². The number of halogens is 9. The molecule has 5 aliphatic rings. The molecule has 4 bridgehead atoms. The van der Waals surface area contributed by atoms with Crippen LogP contribution in [0.2, 0.25) is 0 Å². The van der Waals surface area contributed by atoms with Crippen LogP contribution >= 0.6 is 12.2 Å². The van der Waals surface area contributed by atoms with Crippen molar-refractivity contribution in [2.24, 2.45) is 16.7 Å². The maximum Gasteiger partial charge on any atom is 0.408 e. The summed E-state index contributed by atoms with van der Waals surface area (Å²) in [7, 11) is 0. The number of phenols is 2. The van der Waals surface area contributed by atoms with Crippen LogP contribution in [0.15, 0.2) is 36.5 Å². The van der Waals surface area contributed by atoms with E-state index in [-0.39, 0.29) is 16.8 Å². The monoisotopic (exact) mass is 743 g/mol. The molecule has 8 rings (SSSR count). The topological polar surface area (TPSA) is 91.9 Å². The fourth-order valence-electron chi connectivity index (χ4n) is 10.2. The van der Waals surface area contributed by atoms with E-state index in [0.29, 0.717) is 0 Å². The number of pyridine rings is 1. The highest BCUT2D eigenvalue weighted by atomic mass is 32.1. The predicted molar refractivity (Wildman–Crippen MR) is 161 cm³/mol. The van der Waals surface area contributed by atoms with Crippen molar-refractivity contribution in [1.82, 2.24) is 4.73 Å². The lowest BCUT2D eigenvalue weighted by Gasteiger charge is -2.52. The molecule has 0 spiro atoms. The third-order valence-electron chi connectivity index (χ3n) is 11.4. The molecule has 0 aliphatic heterocycles. The van der Waals surface area contributed by atoms with E-state index in [1.54, 1.807) is 6.07 Å². The van der Waals surface area contributed by atoms with Crippen LogP contribution in [0.4, 0.5) is 39.5 Å². The lowest BCUT2D eigenvalue weighted by Crippen LogP contribution is -2.58. The second kappa shape index (κ2) is 11.6. The van der Waals surface area contributed by atoms with Crippen LogP contribution in [0.1, 0.15) is 49.7 Å². The number of aliphatic hydroxyl groups is 1. The van der Waals surface area contributed by atoms with Gasteiger partial charge in [0.25, 0.3) is 0 Å². The fraction of sp³-hybridized carbons (Fsp3) is 0.429. The first-order valence-electron chi connectivity index (χ1n) is 15.7. The number of aromatic nitrogens is 1. The van der Waals surface area contributed by atoms with Gasteiger partial charge < -0.3 is 20.2 Å². The predicted octanol–water partition coefficient (Wildman–Crippen LogP) is 6.66. The molecule has 5 fully saturated rings. The van der Waals surface area contributed by atoms with Gasteiger partial charge in [-0.2, -0.15) is 4.73 Å². The van der Waals surface area contributed by atoms with Gasteiger partial charge in [-0.05, 0) is 49.7 Å². The average molecular weight is 744 g/mol. The number of aliphatic hydroxyl groups excluding tert-OH is 1. The molecule has 1 aromatic heterocycles. The summed E-state index contributed by atoms with van der Waals surface area (Å²) in [5.41, 5.74) is -10.7. The van der Waals surface area contributed by atoms with Crippen molar-refractivity contribution in [3.8, 4) is 23.3 Å². The van der Waals surface area contributed by atoms with Crippen LogP contribution in [0, 0.1) is 68.1 Å². The highest BCUT2D eigenvalue weighted by molar-refractivity contribution is 7.71. The van der Waals surface area contributed by atoms with E-state index in [1.165, 1.54) is 18.3 Å². The number of carbonyl (C=O) groups is 1. The van der Waals surface area contributed by atoms with Crippen molar-refractivity contribution < 1.29 is 64.5 Å². The van der Waals surface area contributed by atoms with Gasteiger partial charge >= 0.3 is 5.97 Å². The number of hydrogen-bond donors (Lipinski definition) is 3. The summed E-state index contributed by atoms with van der Waals surface area (Å²) < 4.78 is 141. The summed E-state index contributed by atoms with van der Waals surface area (Å²) in [5, 5.41) is 31.1. The Bertz CT molecular complexity index is 2120. The zero-order valence-corrected chi connectivity index (χ0v) is 26.8. The van der Waals surface area contributed by atoms with Crippen molar-refractivity contribution in [3.63, 3.8) is 0 Å². The van der Waals surface area contributed by atoms with Crippen molar-refractivity contribution in [2.45, 2.75) is 74.0 Å². The van der Waals surface area contributed by atoms with Gasteiger partial charge in [0.05, 0.1) is 0 Å². The van der Waals surface area contributed by atoms with Gasteiger partial charge in [-0.1, -0.05) is 24.2 Å². The van der Waals surface area contributed by atoms with E-state index in [4.69, 9.17) is 17.1 Å².